The maximum absolute atomic E-state index is 11.9. The largest absolute Gasteiger partial charge is 0.497 e. The van der Waals surface area contributed by atoms with Gasteiger partial charge in [0.2, 0.25) is 11.8 Å². The summed E-state index contributed by atoms with van der Waals surface area (Å²) in [7, 11) is 1.63. The van der Waals surface area contributed by atoms with E-state index in [9.17, 15) is 4.79 Å². The van der Waals surface area contributed by atoms with Gasteiger partial charge in [0.15, 0.2) is 0 Å². The molecule has 1 fully saturated rings. The molecule has 7 heteroatoms. The number of hydrogen-bond donors (Lipinski definition) is 1. The lowest BCUT2D eigenvalue weighted by molar-refractivity contribution is -0.119. The normalized spacial score (nSPS) is 16.6. The van der Waals surface area contributed by atoms with Crippen molar-refractivity contribution in [3.05, 3.63) is 35.7 Å². The van der Waals surface area contributed by atoms with Gasteiger partial charge < -0.3 is 19.2 Å². The van der Waals surface area contributed by atoms with Crippen molar-refractivity contribution >= 4 is 17.7 Å². The van der Waals surface area contributed by atoms with Gasteiger partial charge in [-0.25, -0.2) is 4.98 Å². The fourth-order valence-corrected chi connectivity index (χ4v) is 3.62. The number of methoxy groups -OCH3 is 1. The number of benzene rings is 1. The first-order valence-electron chi connectivity index (χ1n) is 8.72. The van der Waals surface area contributed by atoms with E-state index in [-0.39, 0.29) is 12.0 Å². The highest BCUT2D eigenvalue weighted by Gasteiger charge is 2.16. The Hall–Kier alpha value is -1.99. The number of oxazole rings is 1. The third-order valence-corrected chi connectivity index (χ3v) is 5.18. The lowest BCUT2D eigenvalue weighted by Gasteiger charge is -2.10. The molecule has 0 saturated carbocycles. The molecule has 2 heterocycles. The van der Waals surface area contributed by atoms with Crippen molar-refractivity contribution in [1.29, 1.82) is 0 Å². The summed E-state index contributed by atoms with van der Waals surface area (Å²) >= 11 is 1.53. The minimum absolute atomic E-state index is 0.0275. The van der Waals surface area contributed by atoms with Crippen LogP contribution in [-0.2, 0) is 15.3 Å². The fourth-order valence-electron chi connectivity index (χ4n) is 2.77. The number of ether oxygens (including phenoxy) is 2. The number of hydrogen-bond acceptors (Lipinski definition) is 6. The van der Waals surface area contributed by atoms with E-state index < -0.39 is 0 Å². The minimum atomic E-state index is 0.0275. The third-order valence-electron chi connectivity index (χ3n) is 4.23. The Labute approximate surface area is 157 Å². The summed E-state index contributed by atoms with van der Waals surface area (Å²) in [6.45, 7) is 3.29. The highest BCUT2D eigenvalue weighted by atomic mass is 32.2. The van der Waals surface area contributed by atoms with E-state index in [1.807, 2.05) is 31.2 Å². The van der Waals surface area contributed by atoms with Gasteiger partial charge in [-0.3, -0.25) is 4.79 Å². The predicted molar refractivity (Wildman–Crippen MR) is 101 cm³/mol. The molecule has 1 aromatic heterocycles. The van der Waals surface area contributed by atoms with Crippen molar-refractivity contribution in [3.8, 4) is 17.2 Å². The van der Waals surface area contributed by atoms with Crippen LogP contribution >= 0.6 is 11.8 Å². The van der Waals surface area contributed by atoms with Gasteiger partial charge in [0.05, 0.1) is 24.7 Å². The molecular formula is C19H24N2O4S. The number of amides is 1. The van der Waals surface area contributed by atoms with Crippen molar-refractivity contribution in [2.75, 3.05) is 26.0 Å². The van der Waals surface area contributed by atoms with Crippen molar-refractivity contribution in [1.82, 2.24) is 10.3 Å². The van der Waals surface area contributed by atoms with E-state index in [0.29, 0.717) is 23.9 Å². The zero-order valence-electron chi connectivity index (χ0n) is 15.1. The van der Waals surface area contributed by atoms with Gasteiger partial charge in [0.1, 0.15) is 11.5 Å². The maximum atomic E-state index is 11.9. The van der Waals surface area contributed by atoms with Gasteiger partial charge in [0.25, 0.3) is 0 Å². The molecule has 0 spiro atoms. The molecule has 1 atom stereocenters. The molecule has 1 aromatic carbocycles. The highest BCUT2D eigenvalue weighted by Crippen LogP contribution is 2.26. The van der Waals surface area contributed by atoms with Crippen LogP contribution in [0.25, 0.3) is 11.5 Å². The second kappa shape index (κ2) is 9.09. The number of thioether (sulfide) groups is 1. The van der Waals surface area contributed by atoms with E-state index in [1.165, 1.54) is 11.8 Å². The molecule has 140 valence electrons. The smallest absolute Gasteiger partial charge is 0.230 e. The summed E-state index contributed by atoms with van der Waals surface area (Å²) in [6, 6.07) is 7.61. The quantitative estimate of drug-likeness (QED) is 0.763. The average Bonchev–Trinajstić information content (AvgIpc) is 3.30. The summed E-state index contributed by atoms with van der Waals surface area (Å²) in [6.07, 6.45) is 2.28. The topological polar surface area (TPSA) is 73.6 Å². The summed E-state index contributed by atoms with van der Waals surface area (Å²) in [5.74, 6) is 3.16. The molecule has 0 bridgehead atoms. The number of nitrogens with one attached hydrogen (secondary N) is 1. The van der Waals surface area contributed by atoms with Gasteiger partial charge in [-0.15, -0.1) is 11.8 Å². The number of carbonyl (C=O) groups is 1. The van der Waals surface area contributed by atoms with E-state index in [2.05, 4.69) is 10.3 Å². The molecule has 1 aliphatic heterocycles. The summed E-state index contributed by atoms with van der Waals surface area (Å²) in [4.78, 5) is 16.5. The zero-order valence-corrected chi connectivity index (χ0v) is 15.9. The number of rotatable bonds is 8. The van der Waals surface area contributed by atoms with Crippen LogP contribution in [0, 0.1) is 6.92 Å². The lowest BCUT2D eigenvalue weighted by Crippen LogP contribution is -2.32. The number of nitrogens with zero attached hydrogens (tertiary/aromatic N) is 1. The van der Waals surface area contributed by atoms with Gasteiger partial charge in [-0.1, -0.05) is 6.07 Å². The Bertz CT molecular complexity index is 741. The fraction of sp³-hybridized carbons (Fsp3) is 0.474. The molecule has 0 radical (unpaired) electrons. The molecule has 26 heavy (non-hydrogen) atoms. The van der Waals surface area contributed by atoms with Crippen LogP contribution in [0.3, 0.4) is 0 Å². The molecular weight excluding hydrogens is 352 g/mol. The van der Waals surface area contributed by atoms with Crippen LogP contribution in [0.5, 0.6) is 5.75 Å². The van der Waals surface area contributed by atoms with Gasteiger partial charge in [0, 0.05) is 24.5 Å². The summed E-state index contributed by atoms with van der Waals surface area (Å²) < 4.78 is 16.5. The maximum Gasteiger partial charge on any atom is 0.230 e. The zero-order chi connectivity index (χ0) is 18.4. The van der Waals surface area contributed by atoms with Gasteiger partial charge in [-0.2, -0.15) is 0 Å². The summed E-state index contributed by atoms with van der Waals surface area (Å²) in [5, 5.41) is 2.93. The van der Waals surface area contributed by atoms with E-state index in [4.69, 9.17) is 13.9 Å². The molecule has 6 nitrogen and oxygen atoms in total. The van der Waals surface area contributed by atoms with E-state index >= 15 is 0 Å². The first-order chi connectivity index (χ1) is 12.7. The van der Waals surface area contributed by atoms with Gasteiger partial charge >= 0.3 is 0 Å². The molecule has 2 aromatic rings. The third kappa shape index (κ3) is 5.02. The Morgan fingerprint density at radius 2 is 2.35 bits per heavy atom. The summed E-state index contributed by atoms with van der Waals surface area (Å²) in [5.41, 5.74) is 1.73. The van der Waals surface area contributed by atoms with Crippen LogP contribution in [0.15, 0.2) is 28.7 Å². The van der Waals surface area contributed by atoms with Crippen LogP contribution in [0.1, 0.15) is 24.3 Å². The molecule has 1 amide bonds. The Morgan fingerprint density at radius 3 is 3.12 bits per heavy atom. The number of aryl methyl sites for hydroxylation is 1. The molecule has 1 saturated heterocycles. The first-order valence-corrected chi connectivity index (χ1v) is 9.88. The SMILES string of the molecule is COc1cccc(-c2nc(CSCC(=O)NC[C@@H]3CCCO3)c(C)o2)c1. The van der Waals surface area contributed by atoms with Crippen LogP contribution in [0.2, 0.25) is 0 Å². The second-order valence-electron chi connectivity index (χ2n) is 6.19. The number of carbonyl (C=O) groups excluding carboxylic acids is 1. The highest BCUT2D eigenvalue weighted by molar-refractivity contribution is 7.99. The first kappa shape index (κ1) is 18.8. The second-order valence-corrected chi connectivity index (χ2v) is 7.17. The Balaban J connectivity index is 1.49. The van der Waals surface area contributed by atoms with Crippen molar-refractivity contribution in [2.24, 2.45) is 0 Å². The van der Waals surface area contributed by atoms with Gasteiger partial charge in [-0.05, 0) is 38.0 Å². The number of aromatic nitrogens is 1. The molecule has 1 aliphatic rings. The van der Waals surface area contributed by atoms with Crippen LogP contribution in [-0.4, -0.2) is 43.0 Å². The van der Waals surface area contributed by atoms with Crippen molar-refractivity contribution in [3.63, 3.8) is 0 Å². The Kier molecular flexibility index (Phi) is 6.57. The van der Waals surface area contributed by atoms with Crippen LogP contribution in [0.4, 0.5) is 0 Å². The average molecular weight is 376 g/mol. The van der Waals surface area contributed by atoms with Crippen molar-refractivity contribution < 1.29 is 18.7 Å². The molecule has 0 unspecified atom stereocenters. The molecule has 0 aliphatic carbocycles. The monoisotopic (exact) mass is 376 g/mol. The Morgan fingerprint density at radius 1 is 1.46 bits per heavy atom. The van der Waals surface area contributed by atoms with E-state index in [0.717, 1.165) is 42.2 Å². The molecule has 1 N–H and O–H groups in total. The lowest BCUT2D eigenvalue weighted by atomic mass is 10.2. The minimum Gasteiger partial charge on any atom is -0.497 e. The standard InChI is InChI=1S/C19H24N2O4S/c1-13-17(11-26-12-18(22)20-10-16-7-4-8-24-16)21-19(25-13)14-5-3-6-15(9-14)23-2/h3,5-6,9,16H,4,7-8,10-12H2,1-2H3,(H,20,22)/t16-/m0/s1. The predicted octanol–water partition coefficient (Wildman–Crippen LogP) is 3.19. The van der Waals surface area contributed by atoms with Crippen molar-refractivity contribution in [2.45, 2.75) is 31.6 Å². The van der Waals surface area contributed by atoms with E-state index in [1.54, 1.807) is 7.11 Å². The van der Waals surface area contributed by atoms with Crippen LogP contribution < -0.4 is 10.1 Å². The molecule has 3 rings (SSSR count).